The van der Waals surface area contributed by atoms with E-state index in [2.05, 4.69) is 49.6 Å². The Bertz CT molecular complexity index is 1110. The summed E-state index contributed by atoms with van der Waals surface area (Å²) in [4.78, 5) is 13.5. The Kier molecular flexibility index (Phi) is 7.89. The summed E-state index contributed by atoms with van der Waals surface area (Å²) < 4.78 is 39.7. The van der Waals surface area contributed by atoms with Gasteiger partial charge in [-0.25, -0.2) is 4.98 Å². The highest BCUT2D eigenvalue weighted by Gasteiger charge is 2.33. The maximum absolute atomic E-state index is 13.2. The van der Waals surface area contributed by atoms with E-state index in [9.17, 15) is 13.2 Å². The zero-order chi connectivity index (χ0) is 23.6. The second kappa shape index (κ2) is 10.5. The molecule has 1 fully saturated rings. The van der Waals surface area contributed by atoms with Gasteiger partial charge in [0.25, 0.3) is 0 Å². The molecule has 10 heteroatoms. The topological polar surface area (TPSA) is 56.3 Å². The lowest BCUT2D eigenvalue weighted by atomic mass is 10.1. The molecular weight excluding hydrogens is 465 g/mol. The predicted octanol–water partition coefficient (Wildman–Crippen LogP) is 5.77. The van der Waals surface area contributed by atoms with Gasteiger partial charge in [0.1, 0.15) is 5.82 Å². The van der Waals surface area contributed by atoms with Crippen LogP contribution in [0.2, 0.25) is 0 Å². The smallest absolute Gasteiger partial charge is 0.369 e. The van der Waals surface area contributed by atoms with Gasteiger partial charge in [-0.15, -0.1) is 12.4 Å². The molecular formula is C24H28ClF3N6. The van der Waals surface area contributed by atoms with Crippen LogP contribution >= 0.6 is 12.4 Å². The first-order valence-corrected chi connectivity index (χ1v) is 10.8. The molecule has 1 aliphatic heterocycles. The van der Waals surface area contributed by atoms with Crippen LogP contribution in [-0.4, -0.2) is 48.1 Å². The fourth-order valence-electron chi connectivity index (χ4n) is 3.78. The highest BCUT2D eigenvalue weighted by Crippen LogP contribution is 2.35. The normalized spacial score (nSPS) is 14.5. The van der Waals surface area contributed by atoms with Crippen LogP contribution < -0.4 is 15.5 Å². The lowest BCUT2D eigenvalue weighted by Gasteiger charge is -2.34. The molecule has 2 heterocycles. The molecule has 34 heavy (non-hydrogen) atoms. The van der Waals surface area contributed by atoms with Crippen molar-refractivity contribution in [2.45, 2.75) is 20.0 Å². The van der Waals surface area contributed by atoms with E-state index in [4.69, 9.17) is 0 Å². The lowest BCUT2D eigenvalue weighted by molar-refractivity contribution is -0.138. The van der Waals surface area contributed by atoms with E-state index in [1.165, 1.54) is 18.7 Å². The Morgan fingerprint density at radius 3 is 2.24 bits per heavy atom. The third-order valence-corrected chi connectivity index (χ3v) is 5.86. The molecule has 0 atom stereocenters. The number of nitrogens with zero attached hydrogens (tertiary/aromatic N) is 4. The lowest BCUT2D eigenvalue weighted by Crippen LogP contribution is -2.44. The Hall–Kier alpha value is -3.04. The molecule has 0 aliphatic carbocycles. The first-order chi connectivity index (χ1) is 15.7. The van der Waals surface area contributed by atoms with Crippen LogP contribution in [0.15, 0.2) is 48.7 Å². The van der Waals surface area contributed by atoms with Gasteiger partial charge >= 0.3 is 6.18 Å². The number of alkyl halides is 3. The van der Waals surface area contributed by atoms with Crippen molar-refractivity contribution in [1.82, 2.24) is 14.9 Å². The maximum Gasteiger partial charge on any atom is 0.416 e. The van der Waals surface area contributed by atoms with Crippen LogP contribution in [0.5, 0.6) is 0 Å². The number of aromatic nitrogens is 2. The van der Waals surface area contributed by atoms with E-state index in [-0.39, 0.29) is 18.0 Å². The van der Waals surface area contributed by atoms with Crippen molar-refractivity contribution in [3.63, 3.8) is 0 Å². The van der Waals surface area contributed by atoms with Gasteiger partial charge in [-0.3, -0.25) is 0 Å². The number of rotatable bonds is 5. The second-order valence-electron chi connectivity index (χ2n) is 8.29. The minimum absolute atomic E-state index is 0. The molecule has 1 aliphatic rings. The summed E-state index contributed by atoms with van der Waals surface area (Å²) in [5, 5.41) is 6.21. The van der Waals surface area contributed by atoms with Crippen LogP contribution in [0.1, 0.15) is 16.7 Å². The fraction of sp³-hybridized carbons (Fsp3) is 0.333. The maximum atomic E-state index is 13.2. The number of aryl methyl sites for hydroxylation is 1. The molecule has 0 amide bonds. The van der Waals surface area contributed by atoms with E-state index in [1.54, 1.807) is 19.2 Å². The van der Waals surface area contributed by atoms with Crippen molar-refractivity contribution in [2.75, 3.05) is 48.8 Å². The predicted molar refractivity (Wildman–Crippen MR) is 133 cm³/mol. The van der Waals surface area contributed by atoms with E-state index >= 15 is 0 Å². The van der Waals surface area contributed by atoms with Crippen molar-refractivity contribution in [3.8, 4) is 0 Å². The van der Waals surface area contributed by atoms with Crippen LogP contribution in [-0.2, 0) is 6.18 Å². The molecule has 2 aromatic carbocycles. The molecule has 4 rings (SSSR count). The summed E-state index contributed by atoms with van der Waals surface area (Å²) in [6.45, 7) is 7.32. The fourth-order valence-corrected chi connectivity index (χ4v) is 3.78. The summed E-state index contributed by atoms with van der Waals surface area (Å²) >= 11 is 0. The SMILES string of the molecule is Cc1cnc(Nc2ccc(N3CCN(C)CC3)cc2)nc1Nc1cccc(C(F)(F)F)c1C.Cl. The molecule has 0 saturated carbocycles. The molecule has 182 valence electrons. The minimum Gasteiger partial charge on any atom is -0.369 e. The summed E-state index contributed by atoms with van der Waals surface area (Å²) in [6.07, 6.45) is -2.77. The van der Waals surface area contributed by atoms with Gasteiger partial charge in [0.15, 0.2) is 0 Å². The van der Waals surface area contributed by atoms with Crippen LogP contribution in [0.25, 0.3) is 0 Å². The Morgan fingerprint density at radius 2 is 1.59 bits per heavy atom. The Balaban J connectivity index is 0.00000324. The number of halogens is 4. The quantitative estimate of drug-likeness (QED) is 0.471. The zero-order valence-electron chi connectivity index (χ0n) is 19.3. The summed E-state index contributed by atoms with van der Waals surface area (Å²) in [5.74, 6) is 0.809. The van der Waals surface area contributed by atoms with Gasteiger partial charge in [0.05, 0.1) is 5.56 Å². The number of anilines is 5. The van der Waals surface area contributed by atoms with E-state index in [1.807, 2.05) is 12.1 Å². The first-order valence-electron chi connectivity index (χ1n) is 10.8. The van der Waals surface area contributed by atoms with Crippen LogP contribution in [0.3, 0.4) is 0 Å². The van der Waals surface area contributed by atoms with E-state index < -0.39 is 11.7 Å². The number of likely N-dealkylation sites (N-methyl/N-ethyl adjacent to an activating group) is 1. The number of piperazine rings is 1. The first kappa shape index (κ1) is 25.6. The van der Waals surface area contributed by atoms with Gasteiger partial charge in [0.2, 0.25) is 5.95 Å². The molecule has 0 radical (unpaired) electrons. The average Bonchev–Trinajstić information content (AvgIpc) is 2.78. The molecule has 6 nitrogen and oxygen atoms in total. The van der Waals surface area contributed by atoms with Gasteiger partial charge in [0, 0.05) is 55.0 Å². The van der Waals surface area contributed by atoms with Gasteiger partial charge in [-0.2, -0.15) is 18.2 Å². The molecule has 3 aromatic rings. The summed E-state index contributed by atoms with van der Waals surface area (Å²) in [7, 11) is 2.13. The molecule has 2 N–H and O–H groups in total. The monoisotopic (exact) mass is 492 g/mol. The zero-order valence-corrected chi connectivity index (χ0v) is 20.1. The van der Waals surface area contributed by atoms with Crippen molar-refractivity contribution >= 4 is 41.2 Å². The van der Waals surface area contributed by atoms with Crippen LogP contribution in [0, 0.1) is 13.8 Å². The van der Waals surface area contributed by atoms with E-state index in [0.29, 0.717) is 17.5 Å². The van der Waals surface area contributed by atoms with E-state index in [0.717, 1.165) is 43.5 Å². The third-order valence-electron chi connectivity index (χ3n) is 5.86. The van der Waals surface area contributed by atoms with Crippen molar-refractivity contribution < 1.29 is 13.2 Å². The summed E-state index contributed by atoms with van der Waals surface area (Å²) in [5.41, 5.74) is 2.53. The van der Waals surface area contributed by atoms with Gasteiger partial charge < -0.3 is 20.4 Å². The molecule has 1 saturated heterocycles. The highest BCUT2D eigenvalue weighted by atomic mass is 35.5. The number of nitrogens with one attached hydrogen (secondary N) is 2. The molecule has 0 bridgehead atoms. The number of hydrogen-bond donors (Lipinski definition) is 2. The standard InChI is InChI=1S/C24H27F3N6.ClH/c1-16-15-28-23(29-18-7-9-19(10-8-18)33-13-11-32(3)12-14-33)31-22(16)30-21-6-4-5-20(17(21)2)24(25,26)27;/h4-10,15H,11-14H2,1-3H3,(H2,28,29,30,31);1H. The molecule has 1 aromatic heterocycles. The Morgan fingerprint density at radius 1 is 0.912 bits per heavy atom. The highest BCUT2D eigenvalue weighted by molar-refractivity contribution is 5.85. The minimum atomic E-state index is -4.41. The molecule has 0 unspecified atom stereocenters. The Labute approximate surface area is 203 Å². The van der Waals surface area contributed by atoms with Crippen LogP contribution in [0.4, 0.5) is 42.0 Å². The summed E-state index contributed by atoms with van der Waals surface area (Å²) in [6, 6.07) is 12.1. The average molecular weight is 493 g/mol. The van der Waals surface area contributed by atoms with Crippen molar-refractivity contribution in [1.29, 1.82) is 0 Å². The van der Waals surface area contributed by atoms with Crippen molar-refractivity contribution in [2.24, 2.45) is 0 Å². The third kappa shape index (κ3) is 5.90. The molecule has 0 spiro atoms. The van der Waals surface area contributed by atoms with Gasteiger partial charge in [-0.1, -0.05) is 6.07 Å². The van der Waals surface area contributed by atoms with Gasteiger partial charge in [-0.05, 0) is 62.9 Å². The second-order valence-corrected chi connectivity index (χ2v) is 8.29. The number of benzene rings is 2. The largest absolute Gasteiger partial charge is 0.416 e. The van der Waals surface area contributed by atoms with Crippen molar-refractivity contribution in [3.05, 3.63) is 65.4 Å². The number of hydrogen-bond acceptors (Lipinski definition) is 6.